The molecule has 3 rings (SSSR count). The molecule has 1 aromatic heterocycles. The van der Waals surface area contributed by atoms with Gasteiger partial charge in [-0.15, -0.1) is 0 Å². The van der Waals surface area contributed by atoms with Crippen molar-refractivity contribution in [3.05, 3.63) is 35.5 Å². The average Bonchev–Trinajstić information content (AvgIpc) is 2.84. The minimum Gasteiger partial charge on any atom is -0.350 e. The summed E-state index contributed by atoms with van der Waals surface area (Å²) in [5.74, 6) is 0.172. The Hall–Kier alpha value is -1.77. The first kappa shape index (κ1) is 13.2. The summed E-state index contributed by atoms with van der Waals surface area (Å²) >= 11 is 0. The molecule has 1 saturated heterocycles. The summed E-state index contributed by atoms with van der Waals surface area (Å²) in [6, 6.07) is 8.54. The molecule has 106 valence electrons. The zero-order valence-corrected chi connectivity index (χ0v) is 12.3. The smallest absolute Gasteiger partial charge is 0.270 e. The van der Waals surface area contributed by atoms with Crippen molar-refractivity contribution in [2.45, 2.75) is 45.6 Å². The molecule has 2 heterocycles. The lowest BCUT2D eigenvalue weighted by molar-refractivity contribution is 0.0602. The first-order valence-corrected chi connectivity index (χ1v) is 7.60. The van der Waals surface area contributed by atoms with E-state index in [1.165, 1.54) is 6.42 Å². The van der Waals surface area contributed by atoms with Crippen molar-refractivity contribution in [3.63, 3.8) is 0 Å². The molecule has 1 N–H and O–H groups in total. The van der Waals surface area contributed by atoms with Gasteiger partial charge in [-0.1, -0.05) is 25.1 Å². The third kappa shape index (κ3) is 2.11. The number of likely N-dealkylation sites (tertiary alicyclic amines) is 1. The number of carbonyl (C=O) groups excluding carboxylic acids is 1. The van der Waals surface area contributed by atoms with Crippen molar-refractivity contribution in [2.75, 3.05) is 6.54 Å². The fourth-order valence-electron chi connectivity index (χ4n) is 3.33. The molecule has 3 heteroatoms. The Kier molecular flexibility index (Phi) is 3.51. The van der Waals surface area contributed by atoms with Crippen molar-refractivity contribution in [2.24, 2.45) is 0 Å². The molecule has 1 fully saturated rings. The maximum absolute atomic E-state index is 12.9. The molecule has 1 unspecified atom stereocenters. The lowest BCUT2D eigenvalue weighted by atomic mass is 9.99. The van der Waals surface area contributed by atoms with Gasteiger partial charge in [-0.05, 0) is 44.2 Å². The highest BCUT2D eigenvalue weighted by atomic mass is 16.2. The summed E-state index contributed by atoms with van der Waals surface area (Å²) in [7, 11) is 0. The van der Waals surface area contributed by atoms with E-state index in [-0.39, 0.29) is 5.91 Å². The molecule has 0 saturated carbocycles. The Morgan fingerprint density at radius 3 is 2.90 bits per heavy atom. The van der Waals surface area contributed by atoms with E-state index in [9.17, 15) is 4.79 Å². The van der Waals surface area contributed by atoms with Crippen molar-refractivity contribution < 1.29 is 4.79 Å². The van der Waals surface area contributed by atoms with Crippen LogP contribution in [0.4, 0.5) is 0 Å². The molecular weight excluding hydrogens is 248 g/mol. The molecule has 20 heavy (non-hydrogen) atoms. The molecule has 1 atom stereocenters. The largest absolute Gasteiger partial charge is 0.350 e. The number of carbonyl (C=O) groups is 1. The van der Waals surface area contributed by atoms with Crippen LogP contribution in [-0.2, 0) is 0 Å². The number of para-hydroxylation sites is 1. The first-order valence-electron chi connectivity index (χ1n) is 7.60. The van der Waals surface area contributed by atoms with Gasteiger partial charge in [0.05, 0.1) is 0 Å². The molecular formula is C17H22N2O. The van der Waals surface area contributed by atoms with Gasteiger partial charge in [-0.2, -0.15) is 0 Å². The van der Waals surface area contributed by atoms with Crippen LogP contribution in [0.25, 0.3) is 10.9 Å². The van der Waals surface area contributed by atoms with Crippen molar-refractivity contribution in [1.82, 2.24) is 9.88 Å². The zero-order chi connectivity index (χ0) is 14.1. The minimum atomic E-state index is 0.172. The van der Waals surface area contributed by atoms with E-state index >= 15 is 0 Å². The summed E-state index contributed by atoms with van der Waals surface area (Å²) in [4.78, 5) is 18.2. The maximum atomic E-state index is 12.9. The standard InChI is InChI=1S/C17H22N2O/c1-3-13-8-6-7-11-19(13)17(20)16-12(2)14-9-4-5-10-15(14)18-16/h4-5,9-10,13,18H,3,6-8,11H2,1-2H3. The number of fused-ring (bicyclic) bond motifs is 1. The molecule has 0 spiro atoms. The molecule has 0 radical (unpaired) electrons. The van der Waals surface area contributed by atoms with Crippen LogP contribution in [0.1, 0.15) is 48.7 Å². The summed E-state index contributed by atoms with van der Waals surface area (Å²) in [5.41, 5.74) is 2.90. The number of piperidine rings is 1. The molecule has 0 bridgehead atoms. The number of nitrogens with zero attached hydrogens (tertiary/aromatic N) is 1. The molecule has 0 aliphatic carbocycles. The third-order valence-corrected chi connectivity index (χ3v) is 4.54. The first-order chi connectivity index (χ1) is 9.72. The SMILES string of the molecule is CCC1CCCCN1C(=O)c1[nH]c2ccccc2c1C. The number of hydrogen-bond donors (Lipinski definition) is 1. The van der Waals surface area contributed by atoms with E-state index < -0.39 is 0 Å². The van der Waals surface area contributed by atoms with Crippen LogP contribution >= 0.6 is 0 Å². The van der Waals surface area contributed by atoms with Gasteiger partial charge >= 0.3 is 0 Å². The van der Waals surface area contributed by atoms with E-state index in [2.05, 4.69) is 22.9 Å². The fraction of sp³-hybridized carbons (Fsp3) is 0.471. The summed E-state index contributed by atoms with van der Waals surface area (Å²) in [6.07, 6.45) is 4.56. The van der Waals surface area contributed by atoms with Crippen LogP contribution in [0, 0.1) is 6.92 Å². The quantitative estimate of drug-likeness (QED) is 0.883. The topological polar surface area (TPSA) is 36.1 Å². The number of H-pyrrole nitrogens is 1. The Balaban J connectivity index is 1.97. The highest BCUT2D eigenvalue weighted by Crippen LogP contribution is 2.26. The molecule has 3 nitrogen and oxygen atoms in total. The van der Waals surface area contributed by atoms with Crippen LogP contribution in [0.2, 0.25) is 0 Å². The fourth-order valence-corrected chi connectivity index (χ4v) is 3.33. The van der Waals surface area contributed by atoms with E-state index in [0.717, 1.165) is 48.0 Å². The van der Waals surface area contributed by atoms with E-state index in [1.807, 2.05) is 25.1 Å². The van der Waals surface area contributed by atoms with Crippen molar-refractivity contribution in [3.8, 4) is 0 Å². The monoisotopic (exact) mass is 270 g/mol. The minimum absolute atomic E-state index is 0.172. The highest BCUT2D eigenvalue weighted by Gasteiger charge is 2.28. The lowest BCUT2D eigenvalue weighted by Gasteiger charge is -2.35. The number of amides is 1. The number of benzene rings is 1. The van der Waals surface area contributed by atoms with Gasteiger partial charge in [0.2, 0.25) is 0 Å². The molecule has 1 aliphatic heterocycles. The number of hydrogen-bond acceptors (Lipinski definition) is 1. The van der Waals surface area contributed by atoms with Gasteiger partial charge in [-0.25, -0.2) is 0 Å². The highest BCUT2D eigenvalue weighted by molar-refractivity contribution is 6.01. The van der Waals surface area contributed by atoms with E-state index in [4.69, 9.17) is 0 Å². The molecule has 2 aromatic rings. The van der Waals surface area contributed by atoms with Crippen LogP contribution in [0.3, 0.4) is 0 Å². The van der Waals surface area contributed by atoms with Gasteiger partial charge < -0.3 is 9.88 Å². The van der Waals surface area contributed by atoms with Gasteiger partial charge in [0, 0.05) is 23.5 Å². The molecule has 1 aliphatic rings. The molecule has 1 amide bonds. The van der Waals surface area contributed by atoms with Gasteiger partial charge in [0.25, 0.3) is 5.91 Å². The third-order valence-electron chi connectivity index (χ3n) is 4.54. The second-order valence-corrected chi connectivity index (χ2v) is 5.73. The predicted octanol–water partition coefficient (Wildman–Crippen LogP) is 3.88. The molecule has 1 aromatic carbocycles. The number of aromatic amines is 1. The predicted molar refractivity (Wildman–Crippen MR) is 82.0 cm³/mol. The number of aryl methyl sites for hydroxylation is 1. The van der Waals surface area contributed by atoms with Crippen LogP contribution < -0.4 is 0 Å². The zero-order valence-electron chi connectivity index (χ0n) is 12.3. The average molecular weight is 270 g/mol. The Morgan fingerprint density at radius 1 is 1.35 bits per heavy atom. The number of rotatable bonds is 2. The van der Waals surface area contributed by atoms with Gasteiger partial charge in [0.15, 0.2) is 0 Å². The normalized spacial score (nSPS) is 19.5. The maximum Gasteiger partial charge on any atom is 0.270 e. The Labute approximate surface area is 120 Å². The number of aromatic nitrogens is 1. The number of nitrogens with one attached hydrogen (secondary N) is 1. The summed E-state index contributed by atoms with van der Waals surface area (Å²) in [6.45, 7) is 5.11. The van der Waals surface area contributed by atoms with Crippen molar-refractivity contribution in [1.29, 1.82) is 0 Å². The van der Waals surface area contributed by atoms with Gasteiger partial charge in [-0.3, -0.25) is 4.79 Å². The summed E-state index contributed by atoms with van der Waals surface area (Å²) < 4.78 is 0. The van der Waals surface area contributed by atoms with E-state index in [0.29, 0.717) is 6.04 Å². The van der Waals surface area contributed by atoms with Crippen LogP contribution in [0.5, 0.6) is 0 Å². The van der Waals surface area contributed by atoms with Gasteiger partial charge in [0.1, 0.15) is 5.69 Å². The van der Waals surface area contributed by atoms with Crippen LogP contribution in [0.15, 0.2) is 24.3 Å². The van der Waals surface area contributed by atoms with Crippen LogP contribution in [-0.4, -0.2) is 28.4 Å². The second kappa shape index (κ2) is 5.31. The Bertz CT molecular complexity index is 629. The van der Waals surface area contributed by atoms with E-state index in [1.54, 1.807) is 0 Å². The Morgan fingerprint density at radius 2 is 2.15 bits per heavy atom. The summed E-state index contributed by atoms with van der Waals surface area (Å²) in [5, 5.41) is 1.15. The lowest BCUT2D eigenvalue weighted by Crippen LogP contribution is -2.43. The second-order valence-electron chi connectivity index (χ2n) is 5.73. The van der Waals surface area contributed by atoms with Crippen molar-refractivity contribution >= 4 is 16.8 Å².